The Bertz CT molecular complexity index is 747. The predicted octanol–water partition coefficient (Wildman–Crippen LogP) is 2.96. The van der Waals surface area contributed by atoms with Crippen molar-refractivity contribution in [2.45, 2.75) is 26.8 Å². The number of benzene rings is 2. The number of nitrogens with zero attached hydrogens (tertiary/aromatic N) is 1. The number of amides is 2. The van der Waals surface area contributed by atoms with Crippen LogP contribution in [-0.4, -0.2) is 24.4 Å². The van der Waals surface area contributed by atoms with Gasteiger partial charge in [-0.2, -0.15) is 0 Å². The molecule has 0 bridgehead atoms. The van der Waals surface area contributed by atoms with Gasteiger partial charge >= 0.3 is 0 Å². The number of carbonyl (C=O) groups is 2. The van der Waals surface area contributed by atoms with E-state index in [1.807, 2.05) is 50.2 Å². The summed E-state index contributed by atoms with van der Waals surface area (Å²) in [7, 11) is 0. The molecule has 0 aliphatic carbocycles. The first-order chi connectivity index (χ1) is 10.5. The second-order valence-electron chi connectivity index (χ2n) is 6.17. The van der Waals surface area contributed by atoms with Crippen molar-refractivity contribution >= 4 is 28.3 Å². The van der Waals surface area contributed by atoms with Crippen LogP contribution in [0.25, 0.3) is 10.8 Å². The molecule has 4 heteroatoms. The monoisotopic (exact) mass is 296 g/mol. The third-order valence-electron chi connectivity index (χ3n) is 4.04. The molecule has 1 N–H and O–H groups in total. The summed E-state index contributed by atoms with van der Waals surface area (Å²) in [5, 5.41) is 4.88. The molecule has 114 valence electrons. The largest absolute Gasteiger partial charge is 0.354 e. The maximum atomic E-state index is 12.7. The Kier molecular flexibility index (Phi) is 3.61. The number of anilines is 1. The summed E-state index contributed by atoms with van der Waals surface area (Å²) in [5.41, 5.74) is 1.50. The molecule has 1 heterocycles. The van der Waals surface area contributed by atoms with Crippen LogP contribution in [0, 0.1) is 5.92 Å². The van der Waals surface area contributed by atoms with Crippen LogP contribution in [0.15, 0.2) is 36.4 Å². The molecule has 0 spiro atoms. The van der Waals surface area contributed by atoms with E-state index in [0.29, 0.717) is 18.0 Å². The quantitative estimate of drug-likeness (QED) is 0.943. The fourth-order valence-corrected chi connectivity index (χ4v) is 2.89. The lowest BCUT2D eigenvalue weighted by atomic mass is 10.1. The van der Waals surface area contributed by atoms with Gasteiger partial charge in [0.25, 0.3) is 5.91 Å². The van der Waals surface area contributed by atoms with E-state index < -0.39 is 6.04 Å². The normalized spacial score (nSPS) is 14.7. The van der Waals surface area contributed by atoms with Crippen molar-refractivity contribution in [1.82, 2.24) is 5.32 Å². The van der Waals surface area contributed by atoms with Gasteiger partial charge in [0.2, 0.25) is 5.91 Å². The van der Waals surface area contributed by atoms with Gasteiger partial charge in [0.15, 0.2) is 0 Å². The molecule has 1 aliphatic rings. The van der Waals surface area contributed by atoms with Gasteiger partial charge < -0.3 is 5.32 Å². The lowest BCUT2D eigenvalue weighted by Crippen LogP contribution is -2.47. The van der Waals surface area contributed by atoms with Crippen LogP contribution in [0.4, 0.5) is 5.69 Å². The molecule has 0 fully saturated rings. The molecule has 1 atom stereocenters. The number of hydrogen-bond acceptors (Lipinski definition) is 2. The molecular formula is C18H20N2O2. The molecule has 0 radical (unpaired) electrons. The van der Waals surface area contributed by atoms with Crippen LogP contribution in [-0.2, 0) is 4.79 Å². The summed E-state index contributed by atoms with van der Waals surface area (Å²) >= 11 is 0. The second-order valence-corrected chi connectivity index (χ2v) is 6.17. The van der Waals surface area contributed by atoms with Crippen LogP contribution < -0.4 is 10.2 Å². The average Bonchev–Trinajstić information content (AvgIpc) is 2.79. The highest BCUT2D eigenvalue weighted by Gasteiger charge is 2.35. The Morgan fingerprint density at radius 1 is 1.14 bits per heavy atom. The SMILES string of the molecule is CC(C)CNC(=O)C(C)N1C(=O)c2cccc3cccc1c23. The van der Waals surface area contributed by atoms with Gasteiger partial charge in [0.05, 0.1) is 5.69 Å². The molecule has 4 nitrogen and oxygen atoms in total. The third kappa shape index (κ3) is 2.25. The predicted molar refractivity (Wildman–Crippen MR) is 88.1 cm³/mol. The van der Waals surface area contributed by atoms with E-state index in [-0.39, 0.29) is 11.8 Å². The molecule has 22 heavy (non-hydrogen) atoms. The number of nitrogens with one attached hydrogen (secondary N) is 1. The first-order valence-electron chi connectivity index (χ1n) is 7.63. The molecule has 3 rings (SSSR count). The van der Waals surface area contributed by atoms with Crippen LogP contribution in [0.1, 0.15) is 31.1 Å². The van der Waals surface area contributed by atoms with E-state index in [0.717, 1.165) is 16.5 Å². The average molecular weight is 296 g/mol. The number of hydrogen-bond donors (Lipinski definition) is 1. The Morgan fingerprint density at radius 3 is 2.50 bits per heavy atom. The smallest absolute Gasteiger partial charge is 0.259 e. The lowest BCUT2D eigenvalue weighted by molar-refractivity contribution is -0.122. The number of rotatable bonds is 4. The van der Waals surface area contributed by atoms with Gasteiger partial charge in [-0.25, -0.2) is 0 Å². The summed E-state index contributed by atoms with van der Waals surface area (Å²) < 4.78 is 0. The molecule has 0 saturated heterocycles. The van der Waals surface area contributed by atoms with Crippen molar-refractivity contribution in [3.8, 4) is 0 Å². The van der Waals surface area contributed by atoms with Crippen molar-refractivity contribution in [2.24, 2.45) is 5.92 Å². The topological polar surface area (TPSA) is 49.4 Å². The van der Waals surface area contributed by atoms with Crippen LogP contribution in [0.5, 0.6) is 0 Å². The molecular weight excluding hydrogens is 276 g/mol. The van der Waals surface area contributed by atoms with Gasteiger partial charge in [0.1, 0.15) is 6.04 Å². The van der Waals surface area contributed by atoms with Gasteiger partial charge in [-0.1, -0.05) is 38.1 Å². The van der Waals surface area contributed by atoms with Gasteiger partial charge in [-0.15, -0.1) is 0 Å². The van der Waals surface area contributed by atoms with Gasteiger partial charge in [-0.3, -0.25) is 14.5 Å². The molecule has 2 aromatic carbocycles. The Labute approximate surface area is 130 Å². The van der Waals surface area contributed by atoms with E-state index in [1.165, 1.54) is 0 Å². The standard InChI is InChI=1S/C18H20N2O2/c1-11(2)10-19-17(21)12(3)20-15-9-5-7-13-6-4-8-14(16(13)15)18(20)22/h4-9,11-12H,10H2,1-3H3,(H,19,21). The van der Waals surface area contributed by atoms with Gasteiger partial charge in [-0.05, 0) is 30.4 Å². The molecule has 1 unspecified atom stereocenters. The maximum absolute atomic E-state index is 12.7. The van der Waals surface area contributed by atoms with Gasteiger partial charge in [0, 0.05) is 17.5 Å². The molecule has 0 saturated carbocycles. The fraction of sp³-hybridized carbons (Fsp3) is 0.333. The van der Waals surface area contributed by atoms with Crippen molar-refractivity contribution in [1.29, 1.82) is 0 Å². The van der Waals surface area contributed by atoms with Crippen molar-refractivity contribution < 1.29 is 9.59 Å². The second kappa shape index (κ2) is 5.44. The Morgan fingerprint density at radius 2 is 1.82 bits per heavy atom. The van der Waals surface area contributed by atoms with Crippen molar-refractivity contribution in [2.75, 3.05) is 11.4 Å². The van der Waals surface area contributed by atoms with Crippen LogP contribution in [0.3, 0.4) is 0 Å². The first kappa shape index (κ1) is 14.6. The zero-order chi connectivity index (χ0) is 15.9. The fourth-order valence-electron chi connectivity index (χ4n) is 2.89. The summed E-state index contributed by atoms with van der Waals surface area (Å²) in [6, 6.07) is 11.0. The highest BCUT2D eigenvalue weighted by Crippen LogP contribution is 2.38. The highest BCUT2D eigenvalue weighted by molar-refractivity contribution is 6.26. The minimum absolute atomic E-state index is 0.0982. The molecule has 2 aromatic rings. The lowest BCUT2D eigenvalue weighted by Gasteiger charge is -2.25. The van der Waals surface area contributed by atoms with Crippen LogP contribution >= 0.6 is 0 Å². The molecule has 1 aliphatic heterocycles. The zero-order valence-electron chi connectivity index (χ0n) is 13.1. The summed E-state index contributed by atoms with van der Waals surface area (Å²) in [6.45, 7) is 6.48. The van der Waals surface area contributed by atoms with E-state index >= 15 is 0 Å². The summed E-state index contributed by atoms with van der Waals surface area (Å²) in [5.74, 6) is 0.164. The van der Waals surface area contributed by atoms with E-state index in [9.17, 15) is 9.59 Å². The van der Waals surface area contributed by atoms with Crippen LogP contribution in [0.2, 0.25) is 0 Å². The van der Waals surface area contributed by atoms with E-state index in [4.69, 9.17) is 0 Å². The third-order valence-corrected chi connectivity index (χ3v) is 4.04. The summed E-state index contributed by atoms with van der Waals surface area (Å²) in [4.78, 5) is 26.7. The minimum atomic E-state index is -0.524. The van der Waals surface area contributed by atoms with Crippen molar-refractivity contribution in [3.63, 3.8) is 0 Å². The first-order valence-corrected chi connectivity index (χ1v) is 7.63. The zero-order valence-corrected chi connectivity index (χ0v) is 13.1. The number of carbonyl (C=O) groups excluding carboxylic acids is 2. The van der Waals surface area contributed by atoms with E-state index in [1.54, 1.807) is 11.8 Å². The highest BCUT2D eigenvalue weighted by atomic mass is 16.2. The molecule has 2 amide bonds. The van der Waals surface area contributed by atoms with Crippen molar-refractivity contribution in [3.05, 3.63) is 42.0 Å². The Hall–Kier alpha value is -2.36. The molecule has 0 aromatic heterocycles. The Balaban J connectivity index is 1.95. The van der Waals surface area contributed by atoms with E-state index in [2.05, 4.69) is 5.32 Å². The minimum Gasteiger partial charge on any atom is -0.354 e. The maximum Gasteiger partial charge on any atom is 0.259 e. The summed E-state index contributed by atoms with van der Waals surface area (Å²) in [6.07, 6.45) is 0.